The van der Waals surface area contributed by atoms with Crippen molar-refractivity contribution in [3.63, 3.8) is 0 Å². The molecule has 0 saturated carbocycles. The molecule has 0 aromatic heterocycles. The molecule has 1 fully saturated rings. The molecule has 46 heavy (non-hydrogen) atoms. The number of nitrogens with zero attached hydrogens (tertiary/aromatic N) is 3. The molecule has 0 spiro atoms. The fourth-order valence-electron chi connectivity index (χ4n) is 7.58. The highest BCUT2D eigenvalue weighted by molar-refractivity contribution is 6.21. The van der Waals surface area contributed by atoms with E-state index < -0.39 is 6.10 Å². The van der Waals surface area contributed by atoms with E-state index >= 15 is 0 Å². The van der Waals surface area contributed by atoms with Gasteiger partial charge in [-0.15, -0.1) is 0 Å². The van der Waals surface area contributed by atoms with Gasteiger partial charge in [-0.3, -0.25) is 4.79 Å². The first-order valence-electron chi connectivity index (χ1n) is 16.5. The molecule has 0 amide bonds. The molecule has 6 rings (SSSR count). The van der Waals surface area contributed by atoms with Crippen molar-refractivity contribution in [3.05, 3.63) is 91.5 Å². The molecule has 8 heteroatoms. The summed E-state index contributed by atoms with van der Waals surface area (Å²) in [5, 5.41) is 26.1. The van der Waals surface area contributed by atoms with Crippen molar-refractivity contribution in [1.29, 1.82) is 0 Å². The second-order valence-electron chi connectivity index (χ2n) is 14.4. The zero-order valence-corrected chi connectivity index (χ0v) is 28.6. The lowest BCUT2D eigenvalue weighted by atomic mass is 9.85. The van der Waals surface area contributed by atoms with Gasteiger partial charge in [0.1, 0.15) is 5.76 Å². The Balaban J connectivity index is 1.62. The molecule has 5 aliphatic heterocycles. The van der Waals surface area contributed by atoms with Crippen LogP contribution in [-0.2, 0) is 9.53 Å². The molecule has 0 radical (unpaired) electrons. The maximum absolute atomic E-state index is 12.3. The summed E-state index contributed by atoms with van der Waals surface area (Å²) in [5.74, 6) is 0.113. The Kier molecular flexibility index (Phi) is 8.08. The Morgan fingerprint density at radius 1 is 1.07 bits per heavy atom. The molecule has 6 aliphatic rings. The summed E-state index contributed by atoms with van der Waals surface area (Å²) in [5.41, 5.74) is 13.6. The summed E-state index contributed by atoms with van der Waals surface area (Å²) >= 11 is 0. The van der Waals surface area contributed by atoms with Crippen LogP contribution in [0.1, 0.15) is 87.5 Å². The Morgan fingerprint density at radius 2 is 1.76 bits per heavy atom. The van der Waals surface area contributed by atoms with E-state index in [1.54, 1.807) is 6.92 Å². The maximum Gasteiger partial charge on any atom is 0.305 e. The number of allylic oxidation sites excluding steroid dienone is 11. The lowest BCUT2D eigenvalue weighted by Gasteiger charge is -2.20. The summed E-state index contributed by atoms with van der Waals surface area (Å²) in [7, 11) is 1.42. The van der Waals surface area contributed by atoms with Gasteiger partial charge in [0.15, 0.2) is 0 Å². The average Bonchev–Trinajstić information content (AvgIpc) is 3.74. The van der Waals surface area contributed by atoms with E-state index in [0.717, 1.165) is 85.5 Å². The Labute approximate surface area is 272 Å². The topological polar surface area (TPSA) is 116 Å². The summed E-state index contributed by atoms with van der Waals surface area (Å²) in [6, 6.07) is 0. The molecular weight excluding hydrogens is 576 g/mol. The predicted octanol–water partition coefficient (Wildman–Crippen LogP) is 7.41. The lowest BCUT2D eigenvalue weighted by molar-refractivity contribution is -0.140. The first kappa shape index (κ1) is 31.9. The third-order valence-corrected chi connectivity index (χ3v) is 9.96. The fourth-order valence-corrected chi connectivity index (χ4v) is 7.58. The monoisotopic (exact) mass is 622 g/mol. The van der Waals surface area contributed by atoms with Gasteiger partial charge in [0.05, 0.1) is 47.4 Å². The number of nitrogens with one attached hydrogen (secondary N) is 1. The number of carbonyl (C=O) groups is 1. The van der Waals surface area contributed by atoms with Crippen molar-refractivity contribution in [3.8, 4) is 0 Å². The number of methoxy groups -OCH3 is 1. The highest BCUT2D eigenvalue weighted by Gasteiger charge is 2.42. The summed E-state index contributed by atoms with van der Waals surface area (Å²) in [6.07, 6.45) is 8.26. The van der Waals surface area contributed by atoms with Gasteiger partial charge in [-0.25, -0.2) is 15.0 Å². The smallest absolute Gasteiger partial charge is 0.305 e. The van der Waals surface area contributed by atoms with Crippen molar-refractivity contribution in [1.82, 2.24) is 5.32 Å². The van der Waals surface area contributed by atoms with Crippen molar-refractivity contribution in [2.45, 2.75) is 93.6 Å². The summed E-state index contributed by atoms with van der Waals surface area (Å²) in [4.78, 5) is 27.7. The van der Waals surface area contributed by atoms with Crippen molar-refractivity contribution in [2.75, 3.05) is 7.11 Å². The van der Waals surface area contributed by atoms with Crippen molar-refractivity contribution >= 4 is 23.1 Å². The van der Waals surface area contributed by atoms with Crippen molar-refractivity contribution < 1.29 is 19.7 Å². The molecule has 1 saturated heterocycles. The van der Waals surface area contributed by atoms with E-state index in [1.165, 1.54) is 12.7 Å². The molecule has 0 aromatic rings. The summed E-state index contributed by atoms with van der Waals surface area (Å²) < 4.78 is 5.00. The number of aliphatic imine (C=N–C) groups is 3. The van der Waals surface area contributed by atoms with E-state index in [1.807, 2.05) is 13.0 Å². The minimum Gasteiger partial charge on any atom is -0.511 e. The van der Waals surface area contributed by atoms with Gasteiger partial charge in [-0.1, -0.05) is 34.6 Å². The number of aliphatic hydroxyl groups excluding tert-OH is 2. The fraction of sp³-hybridized carbons (Fsp3) is 0.474. The van der Waals surface area contributed by atoms with Crippen LogP contribution in [0.2, 0.25) is 0 Å². The third kappa shape index (κ3) is 5.40. The zero-order valence-electron chi connectivity index (χ0n) is 28.6. The normalized spacial score (nSPS) is 24.7. The number of rotatable bonds is 6. The maximum atomic E-state index is 12.3. The number of aliphatic hydroxyl groups is 2. The third-order valence-electron chi connectivity index (χ3n) is 9.96. The SMILES string of the molecule is CCC1=C2C=C3N=C(C=C4N=C(C=C5NC(=C6CC(O)=C1C6=N2)C(CCC(=O)OC)C5C)C(C)=C4C(C)O)C(C)=C3CC(C)(C)C. The predicted molar refractivity (Wildman–Crippen MR) is 183 cm³/mol. The van der Waals surface area contributed by atoms with Gasteiger partial charge < -0.3 is 20.3 Å². The van der Waals surface area contributed by atoms with Gasteiger partial charge in [0.2, 0.25) is 0 Å². The van der Waals surface area contributed by atoms with Crippen LogP contribution in [0.4, 0.5) is 0 Å². The van der Waals surface area contributed by atoms with Crippen LogP contribution in [0.25, 0.3) is 0 Å². The number of fused-ring (bicyclic) bond motifs is 5. The van der Waals surface area contributed by atoms with Crippen LogP contribution in [0.15, 0.2) is 106 Å². The zero-order chi connectivity index (χ0) is 33.2. The highest BCUT2D eigenvalue weighted by atomic mass is 16.5. The van der Waals surface area contributed by atoms with Crippen LogP contribution >= 0.6 is 0 Å². The molecule has 1 aliphatic carbocycles. The van der Waals surface area contributed by atoms with Gasteiger partial charge >= 0.3 is 5.97 Å². The van der Waals surface area contributed by atoms with Crippen LogP contribution < -0.4 is 5.32 Å². The van der Waals surface area contributed by atoms with Gasteiger partial charge in [0, 0.05) is 52.8 Å². The molecule has 3 N–H and O–H groups in total. The van der Waals surface area contributed by atoms with E-state index in [9.17, 15) is 15.0 Å². The average molecular weight is 623 g/mol. The Hall–Kier alpha value is -4.04. The van der Waals surface area contributed by atoms with Gasteiger partial charge in [0.25, 0.3) is 0 Å². The number of hydrogen-bond donors (Lipinski definition) is 3. The number of ether oxygens (including phenoxy) is 1. The second-order valence-corrected chi connectivity index (χ2v) is 14.4. The second kappa shape index (κ2) is 11.6. The molecule has 8 bridgehead atoms. The molecule has 5 heterocycles. The Morgan fingerprint density at radius 3 is 2.41 bits per heavy atom. The van der Waals surface area contributed by atoms with Crippen LogP contribution in [0.5, 0.6) is 0 Å². The Bertz CT molecular complexity index is 1790. The van der Waals surface area contributed by atoms with Crippen LogP contribution in [-0.4, -0.2) is 46.5 Å². The van der Waals surface area contributed by atoms with Gasteiger partial charge in [-0.2, -0.15) is 0 Å². The van der Waals surface area contributed by atoms with Gasteiger partial charge in [-0.05, 0) is 86.0 Å². The first-order chi connectivity index (χ1) is 21.7. The molecule has 242 valence electrons. The van der Waals surface area contributed by atoms with E-state index in [2.05, 4.69) is 59.0 Å². The standard InChI is InChI=1S/C38H46N4O4/c1-10-22-29-16-30-25(17-38(6,7)8)19(3)26(39-30)15-31-34(21(5)43)20(4)28(40-31)14-27-18(2)23(11-12-33(45)46-9)36(41-27)24-13-32(44)35(22)37(24)42-29/h14-16,18,21,23,41,43-44H,10-13,17H2,1-9H3. The number of hydrogen-bond acceptors (Lipinski definition) is 8. The molecule has 3 unspecified atom stereocenters. The largest absolute Gasteiger partial charge is 0.511 e. The lowest BCUT2D eigenvalue weighted by Crippen LogP contribution is -2.16. The highest BCUT2D eigenvalue weighted by Crippen LogP contribution is 2.47. The van der Waals surface area contributed by atoms with E-state index in [-0.39, 0.29) is 29.6 Å². The quantitative estimate of drug-likeness (QED) is 0.267. The molecule has 3 atom stereocenters. The molecular formula is C38H46N4O4. The minimum absolute atomic E-state index is 0.0126. The first-order valence-corrected chi connectivity index (χ1v) is 16.5. The number of carbonyl (C=O) groups excluding carboxylic acids is 1. The van der Waals surface area contributed by atoms with Crippen LogP contribution in [0.3, 0.4) is 0 Å². The molecule has 8 nitrogen and oxygen atoms in total. The van der Waals surface area contributed by atoms with E-state index in [0.29, 0.717) is 25.0 Å². The van der Waals surface area contributed by atoms with Crippen molar-refractivity contribution in [2.24, 2.45) is 32.2 Å². The van der Waals surface area contributed by atoms with Crippen LogP contribution in [0, 0.1) is 17.3 Å². The number of esters is 1. The minimum atomic E-state index is -0.711. The van der Waals surface area contributed by atoms with E-state index in [4.69, 9.17) is 19.7 Å². The molecule has 0 aromatic carbocycles. The summed E-state index contributed by atoms with van der Waals surface area (Å²) in [6.45, 7) is 16.9.